The number of aliphatic hydroxyl groups excluding tert-OH is 1. The molecule has 0 aromatic heterocycles. The van der Waals surface area contributed by atoms with E-state index in [0.717, 1.165) is 31.6 Å². The van der Waals surface area contributed by atoms with Crippen LogP contribution in [0.2, 0.25) is 0 Å². The number of ketones is 1. The second-order valence-corrected chi connectivity index (χ2v) is 7.72. The SMILES string of the molecule is O=C(/C=C/c1ccc(SC(F)(F)F)cc1)c1ccc(N2CCC(O)CC2)cc1. The molecule has 0 bridgehead atoms. The van der Waals surface area contributed by atoms with Crippen molar-refractivity contribution in [2.45, 2.75) is 29.3 Å². The summed E-state index contributed by atoms with van der Waals surface area (Å²) in [4.78, 5) is 14.6. The molecular weight excluding hydrogens is 387 g/mol. The molecule has 0 atom stereocenters. The first-order chi connectivity index (χ1) is 13.3. The molecule has 2 aromatic carbocycles. The molecule has 1 fully saturated rings. The average molecular weight is 407 g/mol. The third-order valence-corrected chi connectivity index (χ3v) is 5.26. The van der Waals surface area contributed by atoms with E-state index in [1.165, 1.54) is 18.2 Å². The van der Waals surface area contributed by atoms with Crippen LogP contribution < -0.4 is 4.90 Å². The predicted octanol–water partition coefficient (Wildman–Crippen LogP) is 5.16. The topological polar surface area (TPSA) is 40.5 Å². The van der Waals surface area contributed by atoms with E-state index in [2.05, 4.69) is 4.90 Å². The van der Waals surface area contributed by atoms with Crippen LogP contribution in [0.25, 0.3) is 6.08 Å². The van der Waals surface area contributed by atoms with E-state index >= 15 is 0 Å². The highest BCUT2D eigenvalue weighted by Crippen LogP contribution is 2.36. The molecule has 1 aliphatic rings. The molecule has 28 heavy (non-hydrogen) atoms. The van der Waals surface area contributed by atoms with Gasteiger partial charge in [0.25, 0.3) is 0 Å². The fraction of sp³-hybridized carbons (Fsp3) is 0.286. The fourth-order valence-corrected chi connectivity index (χ4v) is 3.55. The standard InChI is InChI=1S/C21H20F3NO2S/c22-21(23,24)28-19-8-1-15(2-9-19)3-10-20(27)16-4-6-17(7-5-16)25-13-11-18(26)12-14-25/h1-10,18,26H,11-14H2/b10-3+. The Kier molecular flexibility index (Phi) is 6.46. The molecule has 3 nitrogen and oxygen atoms in total. The van der Waals surface area contributed by atoms with Gasteiger partial charge in [0.2, 0.25) is 0 Å². The predicted molar refractivity (Wildman–Crippen MR) is 106 cm³/mol. The van der Waals surface area contributed by atoms with Crippen LogP contribution in [0.15, 0.2) is 59.5 Å². The van der Waals surface area contributed by atoms with Crippen LogP contribution in [-0.2, 0) is 0 Å². The number of hydrogen-bond acceptors (Lipinski definition) is 4. The van der Waals surface area contributed by atoms with Crippen molar-refractivity contribution in [2.24, 2.45) is 0 Å². The van der Waals surface area contributed by atoms with Gasteiger partial charge in [-0.25, -0.2) is 0 Å². The summed E-state index contributed by atoms with van der Waals surface area (Å²) >= 11 is -0.165. The second kappa shape index (κ2) is 8.84. The van der Waals surface area contributed by atoms with E-state index in [0.29, 0.717) is 11.1 Å². The van der Waals surface area contributed by atoms with E-state index in [1.807, 2.05) is 12.1 Å². The number of nitrogens with zero attached hydrogens (tertiary/aromatic N) is 1. The van der Waals surface area contributed by atoms with Crippen LogP contribution >= 0.6 is 11.8 Å². The van der Waals surface area contributed by atoms with E-state index in [4.69, 9.17) is 0 Å². The molecule has 1 heterocycles. The van der Waals surface area contributed by atoms with Crippen molar-refractivity contribution in [1.29, 1.82) is 0 Å². The van der Waals surface area contributed by atoms with Gasteiger partial charge >= 0.3 is 5.51 Å². The Hall–Kier alpha value is -2.25. The molecule has 1 N–H and O–H groups in total. The number of benzene rings is 2. The summed E-state index contributed by atoms with van der Waals surface area (Å²) in [5.41, 5.74) is -2.09. The lowest BCUT2D eigenvalue weighted by molar-refractivity contribution is -0.0328. The molecule has 2 aromatic rings. The normalized spacial score (nSPS) is 15.9. The number of carbonyl (C=O) groups excluding carboxylic acids is 1. The van der Waals surface area contributed by atoms with Crippen LogP contribution in [0, 0.1) is 0 Å². The summed E-state index contributed by atoms with van der Waals surface area (Å²) < 4.78 is 37.0. The molecule has 1 saturated heterocycles. The summed E-state index contributed by atoms with van der Waals surface area (Å²) in [5.74, 6) is -0.172. The summed E-state index contributed by atoms with van der Waals surface area (Å²) in [6, 6.07) is 13.2. The molecular formula is C21H20F3NO2S. The van der Waals surface area contributed by atoms with E-state index in [1.54, 1.807) is 30.3 Å². The summed E-state index contributed by atoms with van der Waals surface area (Å²) in [7, 11) is 0. The van der Waals surface area contributed by atoms with Gasteiger partial charge in [-0.05, 0) is 72.6 Å². The van der Waals surface area contributed by atoms with E-state index in [-0.39, 0.29) is 28.5 Å². The van der Waals surface area contributed by atoms with Crippen molar-refractivity contribution in [2.75, 3.05) is 18.0 Å². The number of rotatable bonds is 5. The zero-order valence-electron chi connectivity index (χ0n) is 15.0. The molecule has 0 radical (unpaired) electrons. The summed E-state index contributed by atoms with van der Waals surface area (Å²) in [6.45, 7) is 1.58. The Bertz CT molecular complexity index is 824. The Morgan fingerprint density at radius 2 is 1.64 bits per heavy atom. The fourth-order valence-electron chi connectivity index (χ4n) is 3.01. The third-order valence-electron chi connectivity index (χ3n) is 4.52. The van der Waals surface area contributed by atoms with Gasteiger partial charge in [-0.2, -0.15) is 13.2 Å². The number of halogens is 3. The van der Waals surface area contributed by atoms with Crippen LogP contribution in [0.1, 0.15) is 28.8 Å². The Balaban J connectivity index is 1.59. The molecule has 0 aliphatic carbocycles. The maximum Gasteiger partial charge on any atom is 0.446 e. The average Bonchev–Trinajstić information content (AvgIpc) is 2.67. The van der Waals surface area contributed by atoms with E-state index < -0.39 is 5.51 Å². The number of hydrogen-bond donors (Lipinski definition) is 1. The minimum absolute atomic E-state index is 0.108. The molecule has 0 saturated carbocycles. The number of carbonyl (C=O) groups is 1. The molecule has 1 aliphatic heterocycles. The van der Waals surface area contributed by atoms with Gasteiger partial charge in [0, 0.05) is 29.2 Å². The molecule has 0 unspecified atom stereocenters. The van der Waals surface area contributed by atoms with Crippen molar-refractivity contribution >= 4 is 29.3 Å². The van der Waals surface area contributed by atoms with Crippen molar-refractivity contribution < 1.29 is 23.1 Å². The van der Waals surface area contributed by atoms with Crippen molar-refractivity contribution in [1.82, 2.24) is 0 Å². The van der Waals surface area contributed by atoms with Gasteiger partial charge in [0.05, 0.1) is 6.10 Å². The number of anilines is 1. The number of piperidine rings is 1. The molecule has 148 valence electrons. The smallest absolute Gasteiger partial charge is 0.393 e. The first-order valence-corrected chi connectivity index (χ1v) is 9.73. The van der Waals surface area contributed by atoms with Gasteiger partial charge in [-0.3, -0.25) is 4.79 Å². The number of alkyl halides is 3. The Morgan fingerprint density at radius 1 is 1.04 bits per heavy atom. The minimum Gasteiger partial charge on any atom is -0.393 e. The highest BCUT2D eigenvalue weighted by molar-refractivity contribution is 8.00. The summed E-state index contributed by atoms with van der Waals surface area (Å²) in [6.07, 6.45) is 4.25. The molecule has 7 heteroatoms. The molecule has 0 spiro atoms. The van der Waals surface area contributed by atoms with Gasteiger partial charge in [0.15, 0.2) is 5.78 Å². The van der Waals surface area contributed by atoms with Crippen molar-refractivity contribution in [3.8, 4) is 0 Å². The first kappa shape index (κ1) is 20.5. The van der Waals surface area contributed by atoms with Crippen LogP contribution in [0.3, 0.4) is 0 Å². The molecule has 0 amide bonds. The largest absolute Gasteiger partial charge is 0.446 e. The summed E-state index contributed by atoms with van der Waals surface area (Å²) in [5, 5.41) is 9.58. The van der Waals surface area contributed by atoms with Gasteiger partial charge < -0.3 is 10.0 Å². The van der Waals surface area contributed by atoms with Crippen LogP contribution in [-0.4, -0.2) is 35.6 Å². The van der Waals surface area contributed by atoms with Gasteiger partial charge in [0.1, 0.15) is 0 Å². The number of aliphatic hydroxyl groups is 1. The number of thioether (sulfide) groups is 1. The highest BCUT2D eigenvalue weighted by Gasteiger charge is 2.28. The lowest BCUT2D eigenvalue weighted by Crippen LogP contribution is -2.35. The monoisotopic (exact) mass is 407 g/mol. The van der Waals surface area contributed by atoms with Gasteiger partial charge in [-0.15, -0.1) is 0 Å². The molecule has 3 rings (SSSR count). The van der Waals surface area contributed by atoms with Crippen molar-refractivity contribution in [3.05, 3.63) is 65.7 Å². The highest BCUT2D eigenvalue weighted by atomic mass is 32.2. The Labute approximate surface area is 165 Å². The minimum atomic E-state index is -4.31. The lowest BCUT2D eigenvalue weighted by Gasteiger charge is -2.31. The lowest BCUT2D eigenvalue weighted by atomic mass is 10.1. The van der Waals surface area contributed by atoms with Crippen LogP contribution in [0.4, 0.5) is 18.9 Å². The van der Waals surface area contributed by atoms with Gasteiger partial charge in [-0.1, -0.05) is 18.2 Å². The van der Waals surface area contributed by atoms with E-state index in [9.17, 15) is 23.1 Å². The maximum absolute atomic E-state index is 12.3. The zero-order valence-corrected chi connectivity index (χ0v) is 15.8. The third kappa shape index (κ3) is 5.87. The zero-order chi connectivity index (χ0) is 20.1. The maximum atomic E-state index is 12.3. The quantitative estimate of drug-likeness (QED) is 0.423. The second-order valence-electron chi connectivity index (χ2n) is 6.58. The Morgan fingerprint density at radius 3 is 2.21 bits per heavy atom. The number of allylic oxidation sites excluding steroid dienone is 1. The van der Waals surface area contributed by atoms with Crippen LogP contribution in [0.5, 0.6) is 0 Å². The van der Waals surface area contributed by atoms with Crippen molar-refractivity contribution in [3.63, 3.8) is 0 Å². The first-order valence-electron chi connectivity index (χ1n) is 8.91.